The number of anilines is 1. The summed E-state index contributed by atoms with van der Waals surface area (Å²) in [6.07, 6.45) is 0. The maximum absolute atomic E-state index is 11.6. The van der Waals surface area contributed by atoms with E-state index in [2.05, 4.69) is 10.6 Å². The molecule has 1 aromatic rings. The van der Waals surface area contributed by atoms with Gasteiger partial charge in [-0.1, -0.05) is 0 Å². The number of carboxylic acids is 1. The first-order chi connectivity index (χ1) is 9.56. The lowest BCUT2D eigenvalue weighted by Gasteiger charge is -2.14. The van der Waals surface area contributed by atoms with Gasteiger partial charge in [0.15, 0.2) is 6.04 Å². The minimum absolute atomic E-state index is 0.105. The summed E-state index contributed by atoms with van der Waals surface area (Å²) in [6.45, 7) is 2.33. The monoisotopic (exact) mass is 282 g/mol. The number of amides is 2. The van der Waals surface area contributed by atoms with Gasteiger partial charge in [-0.05, 0) is 31.2 Å². The number of rotatable bonds is 7. The third kappa shape index (κ3) is 5.15. The molecule has 7 nitrogen and oxygen atoms in total. The second-order valence-corrected chi connectivity index (χ2v) is 3.90. The number of carboxylic acid groups (broad SMARTS) is 1. The quantitative estimate of drug-likeness (QED) is 0.700. The zero-order valence-electron chi connectivity index (χ0n) is 11.4. The molecular formula is C13H18N2O5. The lowest BCUT2D eigenvalue weighted by Crippen LogP contribution is -2.45. The molecule has 0 heterocycles. The molecule has 1 unspecified atom stereocenters. The number of carbonyl (C=O) groups excluding carboxylic acids is 1. The molecule has 0 spiro atoms. The molecule has 7 heteroatoms. The van der Waals surface area contributed by atoms with E-state index in [-0.39, 0.29) is 6.61 Å². The molecule has 1 rings (SSSR count). The highest BCUT2D eigenvalue weighted by Gasteiger charge is 2.19. The summed E-state index contributed by atoms with van der Waals surface area (Å²) in [4.78, 5) is 22.5. The van der Waals surface area contributed by atoms with E-state index in [0.717, 1.165) is 0 Å². The van der Waals surface area contributed by atoms with Crippen LogP contribution in [0.4, 0.5) is 10.5 Å². The van der Waals surface area contributed by atoms with Crippen LogP contribution in [0.15, 0.2) is 24.3 Å². The number of aliphatic carboxylic acids is 1. The second kappa shape index (κ2) is 8.00. The lowest BCUT2D eigenvalue weighted by atomic mass is 10.3. The van der Waals surface area contributed by atoms with Gasteiger partial charge in [0.2, 0.25) is 0 Å². The van der Waals surface area contributed by atoms with Crippen molar-refractivity contribution in [3.8, 4) is 5.75 Å². The van der Waals surface area contributed by atoms with Gasteiger partial charge in [-0.15, -0.1) is 0 Å². The fraction of sp³-hybridized carbons (Fsp3) is 0.385. The van der Waals surface area contributed by atoms with Crippen molar-refractivity contribution in [2.24, 2.45) is 0 Å². The largest absolute Gasteiger partial charge is 0.494 e. The van der Waals surface area contributed by atoms with Gasteiger partial charge in [-0.3, -0.25) is 0 Å². The standard InChI is InChI=1S/C13H18N2O5/c1-3-20-10-6-4-9(5-7-10)14-13(18)15-11(8-19-2)12(16)17/h4-7,11H,3,8H2,1-2H3,(H,16,17)(H2,14,15,18). The summed E-state index contributed by atoms with van der Waals surface area (Å²) in [6, 6.07) is 5.04. The molecule has 20 heavy (non-hydrogen) atoms. The summed E-state index contributed by atoms with van der Waals surface area (Å²) >= 11 is 0. The zero-order chi connectivity index (χ0) is 15.0. The summed E-state index contributed by atoms with van der Waals surface area (Å²) in [5.41, 5.74) is 0.535. The van der Waals surface area contributed by atoms with Gasteiger partial charge in [0.25, 0.3) is 0 Å². The Kier molecular flexibility index (Phi) is 6.31. The van der Waals surface area contributed by atoms with Gasteiger partial charge in [0, 0.05) is 12.8 Å². The highest BCUT2D eigenvalue weighted by Crippen LogP contribution is 2.15. The van der Waals surface area contributed by atoms with Crippen LogP contribution in [0.1, 0.15) is 6.92 Å². The van der Waals surface area contributed by atoms with Crippen molar-refractivity contribution in [3.05, 3.63) is 24.3 Å². The molecule has 0 saturated heterocycles. The smallest absolute Gasteiger partial charge is 0.328 e. The van der Waals surface area contributed by atoms with Crippen LogP contribution in [0.25, 0.3) is 0 Å². The number of benzene rings is 1. The maximum Gasteiger partial charge on any atom is 0.328 e. The molecule has 1 atom stereocenters. The van der Waals surface area contributed by atoms with Crippen LogP contribution in [0.3, 0.4) is 0 Å². The molecule has 0 fully saturated rings. The molecule has 0 aliphatic rings. The third-order valence-corrected chi connectivity index (χ3v) is 2.36. The number of carbonyl (C=O) groups is 2. The Balaban J connectivity index is 2.54. The van der Waals surface area contributed by atoms with Crippen LogP contribution in [0.2, 0.25) is 0 Å². The van der Waals surface area contributed by atoms with E-state index in [0.29, 0.717) is 18.0 Å². The van der Waals surface area contributed by atoms with E-state index in [1.54, 1.807) is 24.3 Å². The normalized spacial score (nSPS) is 11.5. The first-order valence-electron chi connectivity index (χ1n) is 6.09. The molecule has 0 saturated carbocycles. The number of nitrogens with one attached hydrogen (secondary N) is 2. The topological polar surface area (TPSA) is 96.9 Å². The predicted molar refractivity (Wildman–Crippen MR) is 73.1 cm³/mol. The number of hydrogen-bond donors (Lipinski definition) is 3. The van der Waals surface area contributed by atoms with Crippen molar-refractivity contribution >= 4 is 17.7 Å². The lowest BCUT2D eigenvalue weighted by molar-refractivity contribution is -0.140. The van der Waals surface area contributed by atoms with Gasteiger partial charge in [-0.2, -0.15) is 0 Å². The fourth-order valence-electron chi connectivity index (χ4n) is 1.47. The van der Waals surface area contributed by atoms with Crippen LogP contribution in [0, 0.1) is 0 Å². The van der Waals surface area contributed by atoms with Gasteiger partial charge in [-0.25, -0.2) is 9.59 Å². The Hall–Kier alpha value is -2.28. The molecule has 0 aliphatic heterocycles. The highest BCUT2D eigenvalue weighted by molar-refractivity contribution is 5.92. The number of methoxy groups -OCH3 is 1. The second-order valence-electron chi connectivity index (χ2n) is 3.90. The Morgan fingerprint density at radius 3 is 2.45 bits per heavy atom. The van der Waals surface area contributed by atoms with Gasteiger partial charge in [0.1, 0.15) is 5.75 Å². The summed E-state index contributed by atoms with van der Waals surface area (Å²) in [5, 5.41) is 13.7. The summed E-state index contributed by atoms with van der Waals surface area (Å²) < 4.78 is 9.99. The van der Waals surface area contributed by atoms with E-state index in [1.165, 1.54) is 7.11 Å². The van der Waals surface area contributed by atoms with E-state index in [1.807, 2.05) is 6.92 Å². The third-order valence-electron chi connectivity index (χ3n) is 2.36. The summed E-state index contributed by atoms with van der Waals surface area (Å²) in [7, 11) is 1.36. The van der Waals surface area contributed by atoms with Crippen molar-refractivity contribution in [3.63, 3.8) is 0 Å². The molecular weight excluding hydrogens is 264 g/mol. The maximum atomic E-state index is 11.6. The van der Waals surface area contributed by atoms with E-state index < -0.39 is 18.0 Å². The highest BCUT2D eigenvalue weighted by atomic mass is 16.5. The molecule has 3 N–H and O–H groups in total. The predicted octanol–water partition coefficient (Wildman–Crippen LogP) is 1.31. The number of hydrogen-bond acceptors (Lipinski definition) is 4. The molecule has 2 amide bonds. The first-order valence-corrected chi connectivity index (χ1v) is 6.09. The van der Waals surface area contributed by atoms with Crippen LogP contribution in [0.5, 0.6) is 5.75 Å². The summed E-state index contributed by atoms with van der Waals surface area (Å²) in [5.74, 6) is -0.463. The molecule has 0 bridgehead atoms. The van der Waals surface area contributed by atoms with Crippen molar-refractivity contribution in [2.75, 3.05) is 25.6 Å². The average molecular weight is 282 g/mol. The SMILES string of the molecule is CCOc1ccc(NC(=O)NC(COC)C(=O)O)cc1. The zero-order valence-corrected chi connectivity index (χ0v) is 11.4. The van der Waals surface area contributed by atoms with Gasteiger partial charge >= 0.3 is 12.0 Å². The van der Waals surface area contributed by atoms with Gasteiger partial charge < -0.3 is 25.2 Å². The average Bonchev–Trinajstić information content (AvgIpc) is 2.40. The molecule has 1 aromatic carbocycles. The van der Waals surface area contributed by atoms with Gasteiger partial charge in [0.05, 0.1) is 13.2 Å². The Morgan fingerprint density at radius 2 is 1.95 bits per heavy atom. The van der Waals surface area contributed by atoms with Crippen LogP contribution < -0.4 is 15.4 Å². The van der Waals surface area contributed by atoms with Crippen molar-refractivity contribution in [1.82, 2.24) is 5.32 Å². The minimum Gasteiger partial charge on any atom is -0.494 e. The minimum atomic E-state index is -1.16. The van der Waals surface area contributed by atoms with Crippen molar-refractivity contribution < 1.29 is 24.2 Å². The molecule has 0 radical (unpaired) electrons. The molecule has 110 valence electrons. The molecule has 0 aromatic heterocycles. The van der Waals surface area contributed by atoms with Crippen LogP contribution in [-0.4, -0.2) is 43.5 Å². The Labute approximate surface area is 116 Å². The number of urea groups is 1. The van der Waals surface area contributed by atoms with E-state index >= 15 is 0 Å². The van der Waals surface area contributed by atoms with Crippen molar-refractivity contribution in [2.45, 2.75) is 13.0 Å². The van der Waals surface area contributed by atoms with Crippen LogP contribution >= 0.6 is 0 Å². The first kappa shape index (κ1) is 15.8. The van der Waals surface area contributed by atoms with E-state index in [4.69, 9.17) is 14.6 Å². The molecule has 0 aliphatic carbocycles. The Morgan fingerprint density at radius 1 is 1.30 bits per heavy atom. The Bertz CT molecular complexity index is 447. The fourth-order valence-corrected chi connectivity index (χ4v) is 1.47. The van der Waals surface area contributed by atoms with Crippen LogP contribution in [-0.2, 0) is 9.53 Å². The van der Waals surface area contributed by atoms with Crippen molar-refractivity contribution in [1.29, 1.82) is 0 Å². The van der Waals surface area contributed by atoms with E-state index in [9.17, 15) is 9.59 Å². The number of ether oxygens (including phenoxy) is 2.